The van der Waals surface area contributed by atoms with Gasteiger partial charge in [-0.1, -0.05) is 27.2 Å². The molecule has 2 rings (SSSR count). The largest absolute Gasteiger partial charge is 0.383 e. The van der Waals surface area contributed by atoms with E-state index in [0.29, 0.717) is 18.1 Å². The number of nitrogens with zero attached hydrogens (tertiary/aromatic N) is 2. The fourth-order valence-corrected chi connectivity index (χ4v) is 3.29. The van der Waals surface area contributed by atoms with Crippen LogP contribution in [0.4, 0.5) is 5.69 Å². The minimum Gasteiger partial charge on any atom is -0.383 e. The first-order chi connectivity index (χ1) is 9.99. The molecule has 120 valence electrons. The van der Waals surface area contributed by atoms with Crippen molar-refractivity contribution < 1.29 is 4.74 Å². The normalized spacial score (nSPS) is 23.8. The van der Waals surface area contributed by atoms with Gasteiger partial charge in [0, 0.05) is 19.3 Å². The summed E-state index contributed by atoms with van der Waals surface area (Å²) in [4.78, 5) is 0. The Morgan fingerprint density at radius 3 is 2.81 bits per heavy atom. The third-order valence-corrected chi connectivity index (χ3v) is 4.72. The molecular weight excluding hydrogens is 262 g/mol. The van der Waals surface area contributed by atoms with Crippen LogP contribution in [0.1, 0.15) is 52.9 Å². The molecule has 0 saturated heterocycles. The van der Waals surface area contributed by atoms with E-state index >= 15 is 0 Å². The van der Waals surface area contributed by atoms with Gasteiger partial charge in [0.2, 0.25) is 0 Å². The van der Waals surface area contributed by atoms with Gasteiger partial charge in [-0.25, -0.2) is 0 Å². The highest BCUT2D eigenvalue weighted by Crippen LogP contribution is 2.37. The van der Waals surface area contributed by atoms with Crippen LogP contribution < -0.4 is 5.32 Å². The maximum atomic E-state index is 5.08. The van der Waals surface area contributed by atoms with Crippen molar-refractivity contribution in [1.82, 2.24) is 9.78 Å². The van der Waals surface area contributed by atoms with Gasteiger partial charge >= 0.3 is 0 Å². The summed E-state index contributed by atoms with van der Waals surface area (Å²) >= 11 is 0. The zero-order valence-corrected chi connectivity index (χ0v) is 14.1. The molecule has 0 radical (unpaired) electrons. The van der Waals surface area contributed by atoms with Crippen LogP contribution in [0.15, 0.2) is 12.4 Å². The van der Waals surface area contributed by atoms with Gasteiger partial charge in [-0.3, -0.25) is 4.68 Å². The third kappa shape index (κ3) is 5.03. The topological polar surface area (TPSA) is 39.1 Å². The van der Waals surface area contributed by atoms with Gasteiger partial charge in [0.05, 0.1) is 25.0 Å². The number of rotatable bonds is 5. The molecule has 2 unspecified atom stereocenters. The van der Waals surface area contributed by atoms with Crippen molar-refractivity contribution in [2.75, 3.05) is 19.0 Å². The summed E-state index contributed by atoms with van der Waals surface area (Å²) in [7, 11) is 1.72. The van der Waals surface area contributed by atoms with Crippen molar-refractivity contribution in [3.8, 4) is 0 Å². The maximum absolute atomic E-state index is 5.08. The summed E-state index contributed by atoms with van der Waals surface area (Å²) in [5.41, 5.74) is 1.59. The molecule has 1 heterocycles. The Hall–Kier alpha value is -1.03. The minimum absolute atomic E-state index is 0.444. The Labute approximate surface area is 129 Å². The molecular formula is C17H31N3O. The highest BCUT2D eigenvalue weighted by Gasteiger charge is 2.27. The van der Waals surface area contributed by atoms with Crippen LogP contribution in [0.3, 0.4) is 0 Å². The van der Waals surface area contributed by atoms with Crippen LogP contribution in [0, 0.1) is 11.3 Å². The average Bonchev–Trinajstić information content (AvgIpc) is 2.71. The molecule has 0 aliphatic heterocycles. The molecule has 1 aliphatic carbocycles. The molecule has 0 bridgehead atoms. The summed E-state index contributed by atoms with van der Waals surface area (Å²) in [5, 5.41) is 8.04. The molecule has 2 atom stereocenters. The first kappa shape index (κ1) is 16.3. The predicted octanol–water partition coefficient (Wildman–Crippen LogP) is 3.94. The lowest BCUT2D eigenvalue weighted by Gasteiger charge is -2.29. The number of hydrogen-bond acceptors (Lipinski definition) is 3. The van der Waals surface area contributed by atoms with Crippen LogP contribution in [-0.2, 0) is 11.3 Å². The van der Waals surface area contributed by atoms with Crippen molar-refractivity contribution in [2.45, 2.75) is 65.5 Å². The first-order valence-electron chi connectivity index (χ1n) is 8.27. The molecule has 4 nitrogen and oxygen atoms in total. The van der Waals surface area contributed by atoms with Gasteiger partial charge in [0.15, 0.2) is 0 Å². The molecule has 1 saturated carbocycles. The van der Waals surface area contributed by atoms with E-state index < -0.39 is 0 Å². The number of anilines is 1. The molecule has 4 heteroatoms. The molecule has 1 aromatic heterocycles. The van der Waals surface area contributed by atoms with Crippen molar-refractivity contribution in [1.29, 1.82) is 0 Å². The molecule has 0 amide bonds. The number of hydrogen-bond donors (Lipinski definition) is 1. The number of ether oxygens (including phenoxy) is 1. The molecule has 1 N–H and O–H groups in total. The first-order valence-corrected chi connectivity index (χ1v) is 8.27. The third-order valence-electron chi connectivity index (χ3n) is 4.72. The minimum atomic E-state index is 0.444. The van der Waals surface area contributed by atoms with Crippen molar-refractivity contribution in [3.63, 3.8) is 0 Å². The van der Waals surface area contributed by atoms with Crippen LogP contribution in [0.2, 0.25) is 0 Å². The fourth-order valence-electron chi connectivity index (χ4n) is 3.29. The van der Waals surface area contributed by atoms with Gasteiger partial charge < -0.3 is 10.1 Å². The van der Waals surface area contributed by atoms with E-state index in [1.165, 1.54) is 32.1 Å². The summed E-state index contributed by atoms with van der Waals surface area (Å²) in [5.74, 6) is 0.855. The summed E-state index contributed by atoms with van der Waals surface area (Å²) in [6, 6.07) is 0.595. The lowest BCUT2D eigenvalue weighted by molar-refractivity contribution is 0.183. The standard InChI is InChI=1S/C17H31N3O/c1-17(2,3)14-6-5-7-15(9-8-14)19-16-12-18-20(13-16)10-11-21-4/h12-15,19H,5-11H2,1-4H3. The molecule has 0 aromatic carbocycles. The van der Waals surface area contributed by atoms with Gasteiger partial charge in [0.25, 0.3) is 0 Å². The Bertz CT molecular complexity index is 422. The Morgan fingerprint density at radius 2 is 2.10 bits per heavy atom. The lowest BCUT2D eigenvalue weighted by Crippen LogP contribution is -2.21. The SMILES string of the molecule is COCCn1cc(NC2CCCC(C(C)(C)C)CC2)cn1. The average molecular weight is 293 g/mol. The second-order valence-corrected chi connectivity index (χ2v) is 7.40. The number of nitrogens with one attached hydrogen (secondary N) is 1. The number of methoxy groups -OCH3 is 1. The second kappa shape index (κ2) is 7.30. The van der Waals surface area contributed by atoms with Crippen LogP contribution in [0.25, 0.3) is 0 Å². The number of aromatic nitrogens is 2. The van der Waals surface area contributed by atoms with E-state index in [9.17, 15) is 0 Å². The Kier molecular flexibility index (Phi) is 5.68. The van der Waals surface area contributed by atoms with E-state index in [0.717, 1.165) is 18.2 Å². The summed E-state index contributed by atoms with van der Waals surface area (Å²) in [6.07, 6.45) is 10.6. The summed E-state index contributed by atoms with van der Waals surface area (Å²) < 4.78 is 7.03. The molecule has 0 spiro atoms. The Balaban J connectivity index is 1.84. The Morgan fingerprint density at radius 1 is 1.29 bits per heavy atom. The lowest BCUT2D eigenvalue weighted by atomic mass is 9.76. The predicted molar refractivity (Wildman–Crippen MR) is 87.5 cm³/mol. The highest BCUT2D eigenvalue weighted by atomic mass is 16.5. The molecule has 1 aliphatic rings. The van der Waals surface area contributed by atoms with Gasteiger partial charge in [-0.05, 0) is 37.0 Å². The monoisotopic (exact) mass is 293 g/mol. The van der Waals surface area contributed by atoms with Gasteiger partial charge in [-0.15, -0.1) is 0 Å². The van der Waals surface area contributed by atoms with Crippen LogP contribution in [0.5, 0.6) is 0 Å². The van der Waals surface area contributed by atoms with E-state index in [2.05, 4.69) is 37.4 Å². The van der Waals surface area contributed by atoms with E-state index in [-0.39, 0.29) is 0 Å². The summed E-state index contributed by atoms with van der Waals surface area (Å²) in [6.45, 7) is 8.66. The van der Waals surface area contributed by atoms with E-state index in [1.54, 1.807) is 7.11 Å². The molecule has 1 aromatic rings. The van der Waals surface area contributed by atoms with Crippen LogP contribution in [-0.4, -0.2) is 29.5 Å². The maximum Gasteiger partial charge on any atom is 0.0728 e. The molecule has 21 heavy (non-hydrogen) atoms. The van der Waals surface area contributed by atoms with Gasteiger partial charge in [-0.2, -0.15) is 5.10 Å². The van der Waals surface area contributed by atoms with E-state index in [4.69, 9.17) is 4.74 Å². The van der Waals surface area contributed by atoms with Crippen molar-refractivity contribution >= 4 is 5.69 Å². The zero-order chi connectivity index (χ0) is 15.3. The second-order valence-electron chi connectivity index (χ2n) is 7.40. The quantitative estimate of drug-likeness (QED) is 0.836. The van der Waals surface area contributed by atoms with Gasteiger partial charge in [0.1, 0.15) is 0 Å². The van der Waals surface area contributed by atoms with Crippen molar-refractivity contribution in [3.05, 3.63) is 12.4 Å². The molecule has 1 fully saturated rings. The smallest absolute Gasteiger partial charge is 0.0728 e. The van der Waals surface area contributed by atoms with Crippen LogP contribution >= 0.6 is 0 Å². The highest BCUT2D eigenvalue weighted by molar-refractivity contribution is 5.39. The fraction of sp³-hybridized carbons (Fsp3) is 0.824. The van der Waals surface area contributed by atoms with Crippen molar-refractivity contribution in [2.24, 2.45) is 11.3 Å². The zero-order valence-electron chi connectivity index (χ0n) is 14.1. The van der Waals surface area contributed by atoms with E-state index in [1.807, 2.05) is 10.9 Å².